The molecule has 1 nitrogen and oxygen atoms in total. The zero-order valence-corrected chi connectivity index (χ0v) is 12.4. The number of hydrogen-bond donors (Lipinski definition) is 0. The lowest BCUT2D eigenvalue weighted by Crippen LogP contribution is -2.38. The Kier molecular flexibility index (Phi) is 4.21. The fraction of sp³-hybridized carbons (Fsp3) is 0.455. The van der Waals surface area contributed by atoms with Gasteiger partial charge in [-0.3, -0.25) is 4.11 Å². The molecule has 1 aromatic carbocycles. The molecular formula is C11H17F3OSi2. The molecule has 96 valence electrons. The highest BCUT2D eigenvalue weighted by atomic mass is 28.4. The van der Waals surface area contributed by atoms with Crippen molar-refractivity contribution >= 4 is 17.1 Å². The maximum Gasteiger partial charge on any atom is 0.377 e. The highest BCUT2D eigenvalue weighted by Gasteiger charge is 2.40. The Morgan fingerprint density at radius 1 is 1.00 bits per heavy atom. The van der Waals surface area contributed by atoms with Gasteiger partial charge in [-0.1, -0.05) is 12.1 Å². The fourth-order valence-electron chi connectivity index (χ4n) is 1.52. The lowest BCUT2D eigenvalue weighted by atomic mass is 10.2. The third-order valence-corrected chi connectivity index (χ3v) is 4.92. The van der Waals surface area contributed by atoms with Gasteiger partial charge in [-0.25, -0.2) is 4.39 Å². The zero-order valence-electron chi connectivity index (χ0n) is 10.4. The lowest BCUT2D eigenvalue weighted by Gasteiger charge is -2.29. The molecule has 0 aliphatic rings. The monoisotopic (exact) mass is 278 g/mol. The van der Waals surface area contributed by atoms with E-state index in [9.17, 15) is 12.6 Å². The third kappa shape index (κ3) is 4.65. The fourth-order valence-corrected chi connectivity index (χ4v) is 5.17. The molecule has 0 N–H and O–H groups in total. The van der Waals surface area contributed by atoms with Crippen molar-refractivity contribution in [2.75, 3.05) is 0 Å². The van der Waals surface area contributed by atoms with Crippen LogP contribution in [-0.4, -0.2) is 17.1 Å². The molecule has 0 radical (unpaired) electrons. The van der Waals surface area contributed by atoms with Gasteiger partial charge >= 0.3 is 8.65 Å². The van der Waals surface area contributed by atoms with Crippen molar-refractivity contribution in [2.24, 2.45) is 0 Å². The molecule has 0 aliphatic carbocycles. The van der Waals surface area contributed by atoms with Crippen LogP contribution in [0.3, 0.4) is 0 Å². The van der Waals surface area contributed by atoms with Crippen LogP contribution in [0, 0.1) is 5.82 Å². The van der Waals surface area contributed by atoms with E-state index < -0.39 is 28.6 Å². The summed E-state index contributed by atoms with van der Waals surface area (Å²) in [7, 11) is -6.53. The van der Waals surface area contributed by atoms with Crippen LogP contribution >= 0.6 is 0 Å². The van der Waals surface area contributed by atoms with Crippen LogP contribution < -0.4 is 0 Å². The molecule has 1 aromatic rings. The second-order valence-corrected chi connectivity index (χ2v) is 11.6. The second-order valence-electron chi connectivity index (χ2n) is 4.98. The van der Waals surface area contributed by atoms with Crippen LogP contribution in [0.4, 0.5) is 12.6 Å². The van der Waals surface area contributed by atoms with E-state index in [0.717, 1.165) is 0 Å². The van der Waals surface area contributed by atoms with E-state index in [0.29, 0.717) is 5.56 Å². The van der Waals surface area contributed by atoms with Gasteiger partial charge in [0, 0.05) is 0 Å². The molecular weight excluding hydrogens is 261 g/mol. The summed E-state index contributed by atoms with van der Waals surface area (Å²) >= 11 is 0. The molecule has 0 spiro atoms. The molecule has 0 fully saturated rings. The molecule has 6 heteroatoms. The largest absolute Gasteiger partial charge is 0.384 e. The highest BCUT2D eigenvalue weighted by Crippen LogP contribution is 2.32. The number of hydrogen-bond acceptors (Lipinski definition) is 1. The first kappa shape index (κ1) is 14.5. The standard InChI is InChI=1S/C11H17F3OSi2/c1-16(2,13)11(15-17(3,4)14)9-5-7-10(12)8-6-9/h5-8,11H,1-4H3. The SMILES string of the molecule is C[Si](C)(F)OC(c1ccc(F)cc1)[Si](C)(C)F. The van der Waals surface area contributed by atoms with Crippen molar-refractivity contribution in [1.29, 1.82) is 0 Å². The van der Waals surface area contributed by atoms with E-state index in [1.54, 1.807) is 0 Å². The Bertz CT molecular complexity index is 368. The molecule has 1 atom stereocenters. The van der Waals surface area contributed by atoms with Crippen molar-refractivity contribution < 1.29 is 17.0 Å². The van der Waals surface area contributed by atoms with Crippen molar-refractivity contribution in [3.63, 3.8) is 0 Å². The maximum absolute atomic E-state index is 14.1. The van der Waals surface area contributed by atoms with Gasteiger partial charge < -0.3 is 8.53 Å². The van der Waals surface area contributed by atoms with Gasteiger partial charge in [0.05, 0.1) is 5.73 Å². The van der Waals surface area contributed by atoms with Crippen LogP contribution in [0.1, 0.15) is 11.3 Å². The summed E-state index contributed by atoms with van der Waals surface area (Å²) in [6.45, 7) is 5.65. The summed E-state index contributed by atoms with van der Waals surface area (Å²) in [6, 6.07) is 5.38. The van der Waals surface area contributed by atoms with Crippen LogP contribution in [0.25, 0.3) is 0 Å². The van der Waals surface area contributed by atoms with Gasteiger partial charge in [-0.05, 0) is 43.9 Å². The van der Waals surface area contributed by atoms with E-state index in [1.807, 2.05) is 0 Å². The van der Waals surface area contributed by atoms with Crippen LogP contribution in [-0.2, 0) is 4.43 Å². The first-order valence-electron chi connectivity index (χ1n) is 5.41. The number of rotatable bonds is 4. The van der Waals surface area contributed by atoms with Crippen molar-refractivity contribution in [2.45, 2.75) is 31.9 Å². The number of halogens is 3. The highest BCUT2D eigenvalue weighted by molar-refractivity contribution is 6.73. The minimum Gasteiger partial charge on any atom is -0.384 e. The summed E-state index contributed by atoms with van der Waals surface area (Å²) < 4.78 is 45.8. The molecule has 17 heavy (non-hydrogen) atoms. The minimum atomic E-state index is -3.33. The van der Waals surface area contributed by atoms with Gasteiger partial charge in [0.15, 0.2) is 0 Å². The van der Waals surface area contributed by atoms with Crippen LogP contribution in [0.15, 0.2) is 24.3 Å². The molecule has 0 saturated heterocycles. The molecule has 0 amide bonds. The summed E-state index contributed by atoms with van der Waals surface area (Å²) in [4.78, 5) is 0. The predicted molar refractivity (Wildman–Crippen MR) is 67.4 cm³/mol. The van der Waals surface area contributed by atoms with E-state index in [1.165, 1.54) is 50.5 Å². The Morgan fingerprint density at radius 2 is 1.47 bits per heavy atom. The third-order valence-electron chi connectivity index (χ3n) is 2.19. The Balaban J connectivity index is 3.03. The predicted octanol–water partition coefficient (Wildman–Crippen LogP) is 4.27. The van der Waals surface area contributed by atoms with Gasteiger partial charge in [0.1, 0.15) is 5.82 Å². The Hall–Kier alpha value is -0.596. The molecule has 0 bridgehead atoms. The normalized spacial score (nSPS) is 14.8. The molecule has 0 heterocycles. The first-order valence-corrected chi connectivity index (χ1v) is 11.1. The Labute approximate surface area is 102 Å². The van der Waals surface area contributed by atoms with Gasteiger partial charge in [0.2, 0.25) is 0 Å². The molecule has 0 aromatic heterocycles. The smallest absolute Gasteiger partial charge is 0.377 e. The van der Waals surface area contributed by atoms with E-state index in [4.69, 9.17) is 4.43 Å². The topological polar surface area (TPSA) is 9.23 Å². The average molecular weight is 278 g/mol. The maximum atomic E-state index is 14.1. The minimum absolute atomic E-state index is 0.400. The second kappa shape index (κ2) is 4.95. The van der Waals surface area contributed by atoms with Gasteiger partial charge in [-0.2, -0.15) is 0 Å². The molecule has 1 unspecified atom stereocenters. The lowest BCUT2D eigenvalue weighted by molar-refractivity contribution is 0.226. The zero-order chi connectivity index (χ0) is 13.3. The summed E-state index contributed by atoms with van der Waals surface area (Å²) in [5.41, 5.74) is -0.376. The number of benzene rings is 1. The van der Waals surface area contributed by atoms with Crippen molar-refractivity contribution in [3.8, 4) is 0 Å². The average Bonchev–Trinajstić information content (AvgIpc) is 2.13. The molecule has 0 saturated carbocycles. The summed E-state index contributed by atoms with van der Waals surface area (Å²) in [6.07, 6.45) is 0. The van der Waals surface area contributed by atoms with Crippen molar-refractivity contribution in [1.82, 2.24) is 0 Å². The first-order chi connectivity index (χ1) is 7.59. The van der Waals surface area contributed by atoms with Gasteiger partial charge in [0.25, 0.3) is 8.41 Å². The van der Waals surface area contributed by atoms with Crippen LogP contribution in [0.2, 0.25) is 26.2 Å². The molecule has 1 rings (SSSR count). The molecule has 0 aliphatic heterocycles. The summed E-state index contributed by atoms with van der Waals surface area (Å²) in [5.74, 6) is -0.400. The van der Waals surface area contributed by atoms with E-state index in [-0.39, 0.29) is 0 Å². The Morgan fingerprint density at radius 3 is 1.82 bits per heavy atom. The quantitative estimate of drug-likeness (QED) is 0.590. The van der Waals surface area contributed by atoms with Crippen LogP contribution in [0.5, 0.6) is 0 Å². The van der Waals surface area contributed by atoms with Crippen molar-refractivity contribution in [3.05, 3.63) is 35.6 Å². The van der Waals surface area contributed by atoms with Gasteiger partial charge in [-0.15, -0.1) is 0 Å². The van der Waals surface area contributed by atoms with E-state index >= 15 is 0 Å². The summed E-state index contributed by atoms with van der Waals surface area (Å²) in [5, 5.41) is 0. The van der Waals surface area contributed by atoms with E-state index in [2.05, 4.69) is 0 Å².